The van der Waals surface area contributed by atoms with Crippen LogP contribution >= 0.6 is 7.82 Å². The average molecular weight is 495 g/mol. The van der Waals surface area contributed by atoms with Gasteiger partial charge in [0, 0.05) is 31.6 Å². The van der Waals surface area contributed by atoms with E-state index in [0.29, 0.717) is 31.1 Å². The summed E-state index contributed by atoms with van der Waals surface area (Å²) in [5.41, 5.74) is 8.46. The second-order valence-electron chi connectivity index (χ2n) is 7.83. The van der Waals surface area contributed by atoms with Crippen LogP contribution in [0.25, 0.3) is 21.9 Å². The fourth-order valence-corrected chi connectivity index (χ4v) is 4.50. The molecule has 2 aromatic heterocycles. The van der Waals surface area contributed by atoms with Gasteiger partial charge in [-0.25, -0.2) is 14.5 Å². The minimum atomic E-state index is -4.28. The number of hydrogen-bond donors (Lipinski definition) is 2. The van der Waals surface area contributed by atoms with Crippen LogP contribution in [0, 0.1) is 0 Å². The number of aryl methyl sites for hydroxylation is 1. The third-order valence-corrected chi connectivity index (χ3v) is 6.33. The Morgan fingerprint density at radius 3 is 2.65 bits per heavy atom. The maximum absolute atomic E-state index is 12.5. The van der Waals surface area contributed by atoms with Crippen molar-refractivity contribution in [1.82, 2.24) is 14.5 Å². The number of phosphoric acid groups is 1. The predicted octanol–water partition coefficient (Wildman–Crippen LogP) is 4.08. The molecular weight excluding hydrogens is 459 g/mol. The molecule has 3 aromatic rings. The Kier molecular flexibility index (Phi) is 9.82. The van der Waals surface area contributed by atoms with E-state index in [1.807, 2.05) is 42.7 Å². The van der Waals surface area contributed by atoms with Crippen LogP contribution in [0.1, 0.15) is 39.4 Å². The van der Waals surface area contributed by atoms with E-state index in [-0.39, 0.29) is 19.8 Å². The van der Waals surface area contributed by atoms with Crippen LogP contribution in [0.4, 0.5) is 5.82 Å². The fourth-order valence-electron chi connectivity index (χ4n) is 3.76. The lowest BCUT2D eigenvalue weighted by atomic mass is 10.2. The molecule has 1 aromatic carbocycles. The van der Waals surface area contributed by atoms with Gasteiger partial charge in [-0.1, -0.05) is 31.5 Å². The number of fused-ring (bicyclic) bond motifs is 3. The van der Waals surface area contributed by atoms with Gasteiger partial charge in [-0.15, -0.1) is 0 Å². The number of para-hydroxylation sites is 1. The number of nitrogens with two attached hydrogens (primary N) is 1. The Bertz CT molecular complexity index is 1120. The summed E-state index contributed by atoms with van der Waals surface area (Å²) in [5, 5.41) is 0.917. The van der Waals surface area contributed by atoms with Crippen LogP contribution in [-0.4, -0.2) is 58.6 Å². The van der Waals surface area contributed by atoms with E-state index in [4.69, 9.17) is 29.2 Å². The first kappa shape index (κ1) is 26.5. The van der Waals surface area contributed by atoms with Gasteiger partial charge in [-0.2, -0.15) is 0 Å². The highest BCUT2D eigenvalue weighted by Gasteiger charge is 2.24. The second kappa shape index (κ2) is 12.6. The fraction of sp³-hybridized carbons (Fsp3) is 0.565. The molecule has 0 radical (unpaired) electrons. The number of rotatable bonds is 15. The number of pyridine rings is 1. The molecule has 0 spiro atoms. The van der Waals surface area contributed by atoms with Gasteiger partial charge >= 0.3 is 7.82 Å². The number of benzene rings is 1. The predicted molar refractivity (Wildman–Crippen MR) is 132 cm³/mol. The van der Waals surface area contributed by atoms with Crippen LogP contribution in [0.3, 0.4) is 0 Å². The van der Waals surface area contributed by atoms with Gasteiger partial charge in [0.2, 0.25) is 0 Å². The average Bonchev–Trinajstić information content (AvgIpc) is 3.19. The second-order valence-corrected chi connectivity index (χ2v) is 9.28. The summed E-state index contributed by atoms with van der Waals surface area (Å²) in [6, 6.07) is 7.71. The lowest BCUT2D eigenvalue weighted by Crippen LogP contribution is -2.25. The zero-order valence-corrected chi connectivity index (χ0v) is 21.0. The number of unbranched alkanes of at least 4 members (excludes halogenated alkanes) is 1. The summed E-state index contributed by atoms with van der Waals surface area (Å²) in [5.74, 6) is 1.20. The molecule has 0 saturated carbocycles. The van der Waals surface area contributed by atoms with Gasteiger partial charge < -0.3 is 24.7 Å². The highest BCUT2D eigenvalue weighted by atomic mass is 31.2. The Morgan fingerprint density at radius 2 is 1.91 bits per heavy atom. The van der Waals surface area contributed by atoms with E-state index in [9.17, 15) is 9.46 Å². The monoisotopic (exact) mass is 494 g/mol. The third kappa shape index (κ3) is 6.75. The topological polar surface area (TPSA) is 131 Å². The van der Waals surface area contributed by atoms with Crippen LogP contribution in [0.15, 0.2) is 24.3 Å². The Balaban J connectivity index is 1.76. The molecule has 0 saturated heterocycles. The maximum atomic E-state index is 12.5. The zero-order valence-electron chi connectivity index (χ0n) is 20.1. The van der Waals surface area contributed by atoms with Crippen molar-refractivity contribution in [2.24, 2.45) is 0 Å². The van der Waals surface area contributed by atoms with Crippen LogP contribution in [-0.2, 0) is 36.1 Å². The van der Waals surface area contributed by atoms with Gasteiger partial charge in [0.25, 0.3) is 0 Å². The summed E-state index contributed by atoms with van der Waals surface area (Å²) in [7, 11) is -4.28. The lowest BCUT2D eigenvalue weighted by Gasteiger charge is -2.19. The van der Waals surface area contributed by atoms with Crippen molar-refractivity contribution in [2.75, 3.05) is 38.8 Å². The summed E-state index contributed by atoms with van der Waals surface area (Å²) >= 11 is 0. The SMILES string of the molecule is CCCCc1nc2c(N)nc3ccccc3c2n1CCOP(=O)(O)OC[C@@H](COCC)OCC. The summed E-state index contributed by atoms with van der Waals surface area (Å²) in [6.07, 6.45) is 2.26. The van der Waals surface area contributed by atoms with E-state index in [1.54, 1.807) is 0 Å². The van der Waals surface area contributed by atoms with Crippen molar-refractivity contribution in [3.05, 3.63) is 30.1 Å². The van der Waals surface area contributed by atoms with Crippen molar-refractivity contribution in [3.63, 3.8) is 0 Å². The van der Waals surface area contributed by atoms with Crippen LogP contribution in [0.2, 0.25) is 0 Å². The number of hydrogen-bond acceptors (Lipinski definition) is 8. The number of nitrogen functional groups attached to an aromatic ring is 1. The first-order valence-electron chi connectivity index (χ1n) is 11.7. The lowest BCUT2D eigenvalue weighted by molar-refractivity contribution is -0.0364. The number of nitrogens with zero attached hydrogens (tertiary/aromatic N) is 3. The molecule has 2 heterocycles. The summed E-state index contributed by atoms with van der Waals surface area (Å²) in [6.45, 7) is 7.21. The third-order valence-electron chi connectivity index (χ3n) is 5.35. The number of ether oxygens (including phenoxy) is 2. The number of phosphoric ester groups is 1. The van der Waals surface area contributed by atoms with Gasteiger partial charge in [0.1, 0.15) is 17.4 Å². The molecule has 0 fully saturated rings. The van der Waals surface area contributed by atoms with E-state index in [2.05, 4.69) is 11.9 Å². The minimum absolute atomic E-state index is 0.0420. The smallest absolute Gasteiger partial charge is 0.382 e. The molecule has 10 nitrogen and oxygen atoms in total. The van der Waals surface area contributed by atoms with E-state index < -0.39 is 13.9 Å². The van der Waals surface area contributed by atoms with Gasteiger partial charge in [-0.05, 0) is 26.3 Å². The quantitative estimate of drug-likeness (QED) is 0.300. The molecule has 0 amide bonds. The molecule has 1 unspecified atom stereocenters. The van der Waals surface area contributed by atoms with Crippen molar-refractivity contribution < 1.29 is 28.0 Å². The van der Waals surface area contributed by atoms with Gasteiger partial charge in [0.05, 0.1) is 30.9 Å². The van der Waals surface area contributed by atoms with E-state index >= 15 is 0 Å². The van der Waals surface area contributed by atoms with Crippen molar-refractivity contribution in [1.29, 1.82) is 0 Å². The molecule has 0 aliphatic rings. The normalized spacial score (nSPS) is 14.6. The number of anilines is 1. The molecule has 188 valence electrons. The minimum Gasteiger partial charge on any atom is -0.382 e. The standard InChI is InChI=1S/C23H35N4O6P/c1-4-7-12-20-26-21-22(18-10-8-9-11-19(18)25-23(21)24)27(20)13-14-32-34(28,29)33-16-17(31-6-3)15-30-5-2/h8-11,17H,4-7,12-16H2,1-3H3,(H2,24,25)(H,28,29)/t17-/m1/s1. The Hall–Kier alpha value is -2.07. The van der Waals surface area contributed by atoms with Gasteiger partial charge in [-0.3, -0.25) is 9.05 Å². The molecule has 11 heteroatoms. The zero-order chi connectivity index (χ0) is 24.6. The molecule has 34 heavy (non-hydrogen) atoms. The van der Waals surface area contributed by atoms with E-state index in [0.717, 1.165) is 41.5 Å². The summed E-state index contributed by atoms with van der Waals surface area (Å²) < 4.78 is 35.7. The highest BCUT2D eigenvalue weighted by molar-refractivity contribution is 7.47. The van der Waals surface area contributed by atoms with Crippen molar-refractivity contribution in [2.45, 2.75) is 52.7 Å². The first-order valence-corrected chi connectivity index (χ1v) is 13.2. The Labute approximate surface area is 200 Å². The Morgan fingerprint density at radius 1 is 1.12 bits per heavy atom. The first-order chi connectivity index (χ1) is 16.4. The van der Waals surface area contributed by atoms with Crippen LogP contribution in [0.5, 0.6) is 0 Å². The molecule has 3 rings (SSSR count). The molecule has 2 atom stereocenters. The number of imidazole rings is 1. The van der Waals surface area contributed by atoms with Crippen LogP contribution < -0.4 is 5.73 Å². The maximum Gasteiger partial charge on any atom is 0.472 e. The molecule has 0 aliphatic heterocycles. The summed E-state index contributed by atoms with van der Waals surface area (Å²) in [4.78, 5) is 19.4. The molecule has 0 aliphatic carbocycles. The molecule has 3 N–H and O–H groups in total. The number of aromatic nitrogens is 3. The highest BCUT2D eigenvalue weighted by Crippen LogP contribution is 2.43. The van der Waals surface area contributed by atoms with Gasteiger partial charge in [0.15, 0.2) is 5.82 Å². The molecule has 0 bridgehead atoms. The molecular formula is C23H35N4O6P. The van der Waals surface area contributed by atoms with E-state index in [1.165, 1.54) is 0 Å². The van der Waals surface area contributed by atoms with Crippen molar-refractivity contribution in [3.8, 4) is 0 Å². The largest absolute Gasteiger partial charge is 0.472 e. The van der Waals surface area contributed by atoms with Crippen molar-refractivity contribution >= 4 is 35.6 Å².